The van der Waals surface area contributed by atoms with Gasteiger partial charge < -0.3 is 15.5 Å². The highest BCUT2D eigenvalue weighted by Gasteiger charge is 2.19. The number of carboxylic acids is 1. The van der Waals surface area contributed by atoms with Gasteiger partial charge in [-0.2, -0.15) is 11.8 Å². The van der Waals surface area contributed by atoms with E-state index in [1.807, 2.05) is 6.92 Å². The van der Waals surface area contributed by atoms with Crippen LogP contribution in [0.3, 0.4) is 0 Å². The van der Waals surface area contributed by atoms with Crippen molar-refractivity contribution in [2.45, 2.75) is 31.6 Å². The summed E-state index contributed by atoms with van der Waals surface area (Å²) in [6, 6.07) is -0.853. The molecule has 0 aliphatic heterocycles. The lowest BCUT2D eigenvalue weighted by atomic mass is 10.3. The molecule has 0 heterocycles. The number of nitrogens with one attached hydrogen (secondary N) is 1. The van der Waals surface area contributed by atoms with Gasteiger partial charge in [0.2, 0.25) is 5.91 Å². The predicted molar refractivity (Wildman–Crippen MR) is 58.9 cm³/mol. The lowest BCUT2D eigenvalue weighted by Gasteiger charge is -2.15. The Labute approximate surface area is 93.2 Å². The SMILES string of the molecule is CC(=O)NC(CS[C@H](C)CCO)C(=O)O. The zero-order valence-electron chi connectivity index (χ0n) is 8.90. The number of aliphatic carboxylic acids is 1. The molecule has 1 amide bonds. The first-order chi connectivity index (χ1) is 6.97. The van der Waals surface area contributed by atoms with E-state index in [1.54, 1.807) is 0 Å². The van der Waals surface area contributed by atoms with Crippen molar-refractivity contribution in [1.82, 2.24) is 5.32 Å². The fourth-order valence-corrected chi connectivity index (χ4v) is 1.96. The summed E-state index contributed by atoms with van der Waals surface area (Å²) in [5.41, 5.74) is 0. The Morgan fingerprint density at radius 1 is 1.47 bits per heavy atom. The van der Waals surface area contributed by atoms with E-state index in [1.165, 1.54) is 18.7 Å². The van der Waals surface area contributed by atoms with Crippen molar-refractivity contribution in [3.63, 3.8) is 0 Å². The minimum Gasteiger partial charge on any atom is -0.480 e. The van der Waals surface area contributed by atoms with Gasteiger partial charge in [-0.05, 0) is 6.42 Å². The topological polar surface area (TPSA) is 86.6 Å². The molecule has 2 atom stereocenters. The Bertz CT molecular complexity index is 222. The van der Waals surface area contributed by atoms with Crippen LogP contribution in [0.25, 0.3) is 0 Å². The minimum atomic E-state index is -1.03. The zero-order chi connectivity index (χ0) is 11.8. The maximum absolute atomic E-state index is 10.7. The largest absolute Gasteiger partial charge is 0.480 e. The van der Waals surface area contributed by atoms with Crippen LogP contribution in [-0.2, 0) is 9.59 Å². The normalized spacial score (nSPS) is 14.3. The highest BCUT2D eigenvalue weighted by atomic mass is 32.2. The van der Waals surface area contributed by atoms with Crippen LogP contribution in [0.2, 0.25) is 0 Å². The maximum atomic E-state index is 10.7. The summed E-state index contributed by atoms with van der Waals surface area (Å²) in [6.07, 6.45) is 0.622. The second-order valence-corrected chi connectivity index (χ2v) is 4.72. The Morgan fingerprint density at radius 2 is 2.07 bits per heavy atom. The minimum absolute atomic E-state index is 0.0893. The molecule has 5 nitrogen and oxygen atoms in total. The van der Waals surface area contributed by atoms with Gasteiger partial charge in [0, 0.05) is 24.5 Å². The molecule has 15 heavy (non-hydrogen) atoms. The molecule has 0 fully saturated rings. The van der Waals surface area contributed by atoms with Crippen LogP contribution in [-0.4, -0.2) is 45.7 Å². The molecule has 0 bridgehead atoms. The van der Waals surface area contributed by atoms with E-state index in [9.17, 15) is 9.59 Å². The number of hydrogen-bond donors (Lipinski definition) is 3. The lowest BCUT2D eigenvalue weighted by Crippen LogP contribution is -2.41. The van der Waals surface area contributed by atoms with Crippen molar-refractivity contribution in [1.29, 1.82) is 0 Å². The Balaban J connectivity index is 3.96. The van der Waals surface area contributed by atoms with E-state index < -0.39 is 12.0 Å². The zero-order valence-corrected chi connectivity index (χ0v) is 9.71. The van der Waals surface area contributed by atoms with Crippen LogP contribution in [0.15, 0.2) is 0 Å². The molecule has 0 aromatic carbocycles. The van der Waals surface area contributed by atoms with E-state index in [2.05, 4.69) is 5.32 Å². The molecule has 0 aliphatic rings. The highest BCUT2D eigenvalue weighted by molar-refractivity contribution is 7.99. The third kappa shape index (κ3) is 7.21. The Morgan fingerprint density at radius 3 is 2.47 bits per heavy atom. The van der Waals surface area contributed by atoms with Crippen molar-refractivity contribution in [2.75, 3.05) is 12.4 Å². The first-order valence-corrected chi connectivity index (χ1v) is 5.74. The van der Waals surface area contributed by atoms with E-state index in [4.69, 9.17) is 10.2 Å². The number of carbonyl (C=O) groups is 2. The molecule has 3 N–H and O–H groups in total. The monoisotopic (exact) mass is 235 g/mol. The number of carboxylic acid groups (broad SMARTS) is 1. The molecule has 0 saturated carbocycles. The number of rotatable bonds is 7. The summed E-state index contributed by atoms with van der Waals surface area (Å²) >= 11 is 1.42. The molecule has 88 valence electrons. The van der Waals surface area contributed by atoms with Gasteiger partial charge in [0.05, 0.1) is 0 Å². The fourth-order valence-electron chi connectivity index (χ4n) is 0.946. The van der Waals surface area contributed by atoms with Gasteiger partial charge in [0.25, 0.3) is 0 Å². The van der Waals surface area contributed by atoms with Gasteiger partial charge in [-0.1, -0.05) is 6.92 Å². The van der Waals surface area contributed by atoms with Crippen LogP contribution in [0.4, 0.5) is 0 Å². The first-order valence-electron chi connectivity index (χ1n) is 4.69. The van der Waals surface area contributed by atoms with Gasteiger partial charge in [-0.15, -0.1) is 0 Å². The molecule has 0 spiro atoms. The molecule has 0 aromatic rings. The van der Waals surface area contributed by atoms with Crippen LogP contribution in [0, 0.1) is 0 Å². The molecule has 0 aromatic heterocycles. The van der Waals surface area contributed by atoms with Gasteiger partial charge in [-0.25, -0.2) is 4.79 Å². The molecule has 0 saturated heterocycles. The second kappa shape index (κ2) is 7.53. The van der Waals surface area contributed by atoms with Crippen molar-refractivity contribution in [3.05, 3.63) is 0 Å². The predicted octanol–water partition coefficient (Wildman–Crippen LogP) is 0.0798. The Hall–Kier alpha value is -0.750. The van der Waals surface area contributed by atoms with Gasteiger partial charge in [-0.3, -0.25) is 4.79 Å². The van der Waals surface area contributed by atoms with Gasteiger partial charge in [0.15, 0.2) is 0 Å². The summed E-state index contributed by atoms with van der Waals surface area (Å²) in [5.74, 6) is -1.07. The van der Waals surface area contributed by atoms with E-state index >= 15 is 0 Å². The lowest BCUT2D eigenvalue weighted by molar-refractivity contribution is -0.140. The number of aliphatic hydroxyl groups is 1. The summed E-state index contributed by atoms with van der Waals surface area (Å²) < 4.78 is 0. The van der Waals surface area contributed by atoms with E-state index in [-0.39, 0.29) is 17.8 Å². The van der Waals surface area contributed by atoms with E-state index in [0.717, 1.165) is 0 Å². The highest BCUT2D eigenvalue weighted by Crippen LogP contribution is 2.14. The summed E-state index contributed by atoms with van der Waals surface area (Å²) in [7, 11) is 0. The maximum Gasteiger partial charge on any atom is 0.327 e. The summed E-state index contributed by atoms with van der Waals surface area (Å²) in [6.45, 7) is 3.29. The third-order valence-corrected chi connectivity index (χ3v) is 3.09. The molecule has 6 heteroatoms. The number of thioether (sulfide) groups is 1. The molecular formula is C9H17NO4S. The third-order valence-electron chi connectivity index (χ3n) is 1.76. The average Bonchev–Trinajstić information content (AvgIpc) is 2.11. The van der Waals surface area contributed by atoms with Crippen LogP contribution < -0.4 is 5.32 Å². The Kier molecular flexibility index (Phi) is 7.15. The number of aliphatic hydroxyl groups excluding tert-OH is 1. The molecule has 0 aliphatic carbocycles. The summed E-state index contributed by atoms with van der Waals surface area (Å²) in [5, 5.41) is 20.0. The van der Waals surface area contributed by atoms with Crippen LogP contribution in [0.5, 0.6) is 0 Å². The van der Waals surface area contributed by atoms with Crippen molar-refractivity contribution in [2.24, 2.45) is 0 Å². The average molecular weight is 235 g/mol. The standard InChI is InChI=1S/C9H17NO4S/c1-6(3-4-11)15-5-8(9(13)14)10-7(2)12/h6,8,11H,3-5H2,1-2H3,(H,10,12)(H,13,14)/t6-,8?/m1/s1. The molecule has 0 radical (unpaired) electrons. The van der Waals surface area contributed by atoms with Crippen molar-refractivity contribution in [3.8, 4) is 0 Å². The number of amides is 1. The van der Waals surface area contributed by atoms with E-state index in [0.29, 0.717) is 12.2 Å². The van der Waals surface area contributed by atoms with Gasteiger partial charge >= 0.3 is 5.97 Å². The van der Waals surface area contributed by atoms with Gasteiger partial charge in [0.1, 0.15) is 6.04 Å². The fraction of sp³-hybridized carbons (Fsp3) is 0.778. The van der Waals surface area contributed by atoms with Crippen molar-refractivity contribution >= 4 is 23.6 Å². The summed E-state index contributed by atoms with van der Waals surface area (Å²) in [4.78, 5) is 21.4. The molecule has 1 unspecified atom stereocenters. The second-order valence-electron chi connectivity index (χ2n) is 3.25. The first kappa shape index (κ1) is 14.2. The van der Waals surface area contributed by atoms with Crippen LogP contribution >= 0.6 is 11.8 Å². The molecule has 0 rings (SSSR count). The number of carbonyl (C=O) groups excluding carboxylic acids is 1. The van der Waals surface area contributed by atoms with Crippen molar-refractivity contribution < 1.29 is 19.8 Å². The quantitative estimate of drug-likeness (QED) is 0.582. The van der Waals surface area contributed by atoms with Crippen LogP contribution in [0.1, 0.15) is 20.3 Å². The number of hydrogen-bond acceptors (Lipinski definition) is 4. The smallest absolute Gasteiger partial charge is 0.327 e. The molecular weight excluding hydrogens is 218 g/mol.